The number of benzene rings is 2. The Kier molecular flexibility index (Phi) is 4.85. The molecule has 0 aliphatic carbocycles. The maximum atomic E-state index is 11.2. The number of nitrogens with zero attached hydrogens (tertiary/aromatic N) is 2. The van der Waals surface area contributed by atoms with Crippen LogP contribution in [0.15, 0.2) is 48.5 Å². The predicted molar refractivity (Wildman–Crippen MR) is 83.2 cm³/mol. The molecule has 6 nitrogen and oxygen atoms in total. The van der Waals surface area contributed by atoms with Gasteiger partial charge in [0.1, 0.15) is 0 Å². The van der Waals surface area contributed by atoms with Crippen LogP contribution in [-0.2, 0) is 13.1 Å². The number of amides is 1. The van der Waals surface area contributed by atoms with E-state index < -0.39 is 10.8 Å². The highest BCUT2D eigenvalue weighted by molar-refractivity contribution is 5.93. The van der Waals surface area contributed by atoms with E-state index in [0.29, 0.717) is 18.7 Å². The third-order valence-corrected chi connectivity index (χ3v) is 3.30. The van der Waals surface area contributed by atoms with Crippen molar-refractivity contribution in [2.45, 2.75) is 13.1 Å². The molecule has 0 aliphatic heterocycles. The van der Waals surface area contributed by atoms with Crippen molar-refractivity contribution in [1.29, 1.82) is 0 Å². The molecule has 0 atom stereocenters. The van der Waals surface area contributed by atoms with Crippen LogP contribution >= 0.6 is 0 Å². The van der Waals surface area contributed by atoms with Gasteiger partial charge in [-0.25, -0.2) is 0 Å². The molecule has 0 bridgehead atoms. The van der Waals surface area contributed by atoms with Crippen molar-refractivity contribution < 1.29 is 9.72 Å². The van der Waals surface area contributed by atoms with E-state index >= 15 is 0 Å². The van der Waals surface area contributed by atoms with Gasteiger partial charge in [-0.2, -0.15) is 0 Å². The van der Waals surface area contributed by atoms with Crippen LogP contribution in [0.3, 0.4) is 0 Å². The maximum absolute atomic E-state index is 11.2. The van der Waals surface area contributed by atoms with Gasteiger partial charge in [-0.05, 0) is 18.7 Å². The van der Waals surface area contributed by atoms with Gasteiger partial charge in [0, 0.05) is 30.3 Å². The van der Waals surface area contributed by atoms with Crippen LogP contribution in [0.1, 0.15) is 21.5 Å². The van der Waals surface area contributed by atoms with Gasteiger partial charge in [0.15, 0.2) is 0 Å². The molecule has 0 aliphatic rings. The quantitative estimate of drug-likeness (QED) is 0.654. The molecule has 114 valence electrons. The minimum Gasteiger partial charge on any atom is -0.366 e. The largest absolute Gasteiger partial charge is 0.366 e. The van der Waals surface area contributed by atoms with Gasteiger partial charge in [0.05, 0.1) is 4.92 Å². The van der Waals surface area contributed by atoms with E-state index in [1.807, 2.05) is 42.3 Å². The first-order chi connectivity index (χ1) is 10.5. The van der Waals surface area contributed by atoms with Crippen molar-refractivity contribution in [2.24, 2.45) is 5.73 Å². The molecule has 0 aromatic heterocycles. The van der Waals surface area contributed by atoms with Crippen LogP contribution in [0, 0.1) is 10.1 Å². The highest BCUT2D eigenvalue weighted by atomic mass is 16.6. The zero-order valence-corrected chi connectivity index (χ0v) is 12.2. The Labute approximate surface area is 128 Å². The molecule has 0 fully saturated rings. The van der Waals surface area contributed by atoms with Crippen LogP contribution < -0.4 is 5.73 Å². The molecule has 0 saturated heterocycles. The van der Waals surface area contributed by atoms with Gasteiger partial charge in [0.25, 0.3) is 5.69 Å². The van der Waals surface area contributed by atoms with Crippen LogP contribution in [-0.4, -0.2) is 22.8 Å². The summed E-state index contributed by atoms with van der Waals surface area (Å²) >= 11 is 0. The summed E-state index contributed by atoms with van der Waals surface area (Å²) in [5.41, 5.74) is 6.89. The van der Waals surface area contributed by atoms with E-state index in [2.05, 4.69) is 0 Å². The summed E-state index contributed by atoms with van der Waals surface area (Å²) in [6, 6.07) is 14.2. The molecule has 0 spiro atoms. The van der Waals surface area contributed by atoms with Crippen molar-refractivity contribution in [2.75, 3.05) is 7.05 Å². The molecule has 2 aromatic rings. The second-order valence-electron chi connectivity index (χ2n) is 5.12. The van der Waals surface area contributed by atoms with Crippen molar-refractivity contribution >= 4 is 11.6 Å². The maximum Gasteiger partial charge on any atom is 0.274 e. The van der Waals surface area contributed by atoms with Crippen LogP contribution in [0.2, 0.25) is 0 Å². The molecule has 22 heavy (non-hydrogen) atoms. The summed E-state index contributed by atoms with van der Waals surface area (Å²) in [4.78, 5) is 23.8. The Morgan fingerprint density at radius 3 is 2.45 bits per heavy atom. The Balaban J connectivity index is 2.18. The Bertz CT molecular complexity index is 686. The summed E-state index contributed by atoms with van der Waals surface area (Å²) in [6.07, 6.45) is 0. The standard InChI is InChI=1S/C16H17N3O3/c1-18(10-12-5-3-2-4-6-12)11-14-8-7-13(16(17)20)9-15(14)19(21)22/h2-9H,10-11H2,1H3,(H2,17,20). The molecular weight excluding hydrogens is 282 g/mol. The molecule has 6 heteroatoms. The second-order valence-corrected chi connectivity index (χ2v) is 5.12. The van der Waals surface area contributed by atoms with Crippen molar-refractivity contribution in [3.05, 3.63) is 75.3 Å². The minimum absolute atomic E-state index is 0.0868. The van der Waals surface area contributed by atoms with Gasteiger partial charge < -0.3 is 5.73 Å². The van der Waals surface area contributed by atoms with Crippen molar-refractivity contribution in [1.82, 2.24) is 4.90 Å². The molecule has 2 N–H and O–H groups in total. The number of nitro benzene ring substituents is 1. The fourth-order valence-electron chi connectivity index (χ4n) is 2.26. The number of nitrogens with two attached hydrogens (primary N) is 1. The molecule has 0 radical (unpaired) electrons. The van der Waals surface area contributed by atoms with E-state index in [1.54, 1.807) is 6.07 Å². The van der Waals surface area contributed by atoms with Gasteiger partial charge in [0.2, 0.25) is 5.91 Å². The first kappa shape index (κ1) is 15.7. The van der Waals surface area contributed by atoms with E-state index in [9.17, 15) is 14.9 Å². The first-order valence-electron chi connectivity index (χ1n) is 6.77. The third kappa shape index (κ3) is 3.89. The zero-order valence-electron chi connectivity index (χ0n) is 12.2. The lowest BCUT2D eigenvalue weighted by Gasteiger charge is -2.17. The fourth-order valence-corrected chi connectivity index (χ4v) is 2.26. The Morgan fingerprint density at radius 2 is 1.86 bits per heavy atom. The number of nitro groups is 1. The highest BCUT2D eigenvalue weighted by Crippen LogP contribution is 2.22. The van der Waals surface area contributed by atoms with Gasteiger partial charge in [-0.1, -0.05) is 36.4 Å². The third-order valence-electron chi connectivity index (χ3n) is 3.30. The van der Waals surface area contributed by atoms with Crippen LogP contribution in [0.5, 0.6) is 0 Å². The van der Waals surface area contributed by atoms with E-state index in [-0.39, 0.29) is 11.3 Å². The Morgan fingerprint density at radius 1 is 1.18 bits per heavy atom. The highest BCUT2D eigenvalue weighted by Gasteiger charge is 2.17. The number of hydrogen-bond donors (Lipinski definition) is 1. The topological polar surface area (TPSA) is 89.5 Å². The lowest BCUT2D eigenvalue weighted by molar-refractivity contribution is -0.385. The fraction of sp³-hybridized carbons (Fsp3) is 0.188. The van der Waals surface area contributed by atoms with E-state index in [1.165, 1.54) is 12.1 Å². The Hall–Kier alpha value is -2.73. The number of rotatable bonds is 6. The molecular formula is C16H17N3O3. The second kappa shape index (κ2) is 6.82. The average molecular weight is 299 g/mol. The number of primary amides is 1. The van der Waals surface area contributed by atoms with Gasteiger partial charge in [-0.15, -0.1) is 0 Å². The molecule has 2 rings (SSSR count). The molecule has 0 unspecified atom stereocenters. The first-order valence-corrected chi connectivity index (χ1v) is 6.77. The van der Waals surface area contributed by atoms with E-state index in [0.717, 1.165) is 5.56 Å². The van der Waals surface area contributed by atoms with Crippen LogP contribution in [0.25, 0.3) is 0 Å². The number of carbonyl (C=O) groups is 1. The molecule has 0 saturated carbocycles. The predicted octanol–water partition coefficient (Wildman–Crippen LogP) is 2.33. The summed E-state index contributed by atoms with van der Waals surface area (Å²) in [7, 11) is 1.89. The molecule has 2 aromatic carbocycles. The van der Waals surface area contributed by atoms with Crippen molar-refractivity contribution in [3.8, 4) is 0 Å². The lowest BCUT2D eigenvalue weighted by Crippen LogP contribution is -2.18. The molecule has 0 heterocycles. The zero-order chi connectivity index (χ0) is 16.1. The molecule has 1 amide bonds. The summed E-state index contributed by atoms with van der Waals surface area (Å²) in [5.74, 6) is -0.674. The average Bonchev–Trinajstić information content (AvgIpc) is 2.48. The van der Waals surface area contributed by atoms with Gasteiger partial charge >= 0.3 is 0 Å². The monoisotopic (exact) mass is 299 g/mol. The normalized spacial score (nSPS) is 10.6. The minimum atomic E-state index is -0.674. The SMILES string of the molecule is CN(Cc1ccccc1)Cc1ccc(C(N)=O)cc1[N+](=O)[O-]. The smallest absolute Gasteiger partial charge is 0.274 e. The lowest BCUT2D eigenvalue weighted by atomic mass is 10.1. The van der Waals surface area contributed by atoms with Crippen molar-refractivity contribution in [3.63, 3.8) is 0 Å². The number of hydrogen-bond acceptors (Lipinski definition) is 4. The van der Waals surface area contributed by atoms with Crippen LogP contribution in [0.4, 0.5) is 5.69 Å². The van der Waals surface area contributed by atoms with Gasteiger partial charge in [-0.3, -0.25) is 19.8 Å². The van der Waals surface area contributed by atoms with E-state index in [4.69, 9.17) is 5.73 Å². The number of carbonyl (C=O) groups excluding carboxylic acids is 1. The summed E-state index contributed by atoms with van der Waals surface area (Å²) in [5, 5.41) is 11.2. The summed E-state index contributed by atoms with van der Waals surface area (Å²) in [6.45, 7) is 1.08. The summed E-state index contributed by atoms with van der Waals surface area (Å²) < 4.78 is 0.